The first kappa shape index (κ1) is 21.7. The van der Waals surface area contributed by atoms with Gasteiger partial charge in [-0.05, 0) is 73.1 Å². The zero-order valence-corrected chi connectivity index (χ0v) is 16.3. The summed E-state index contributed by atoms with van der Waals surface area (Å²) >= 11 is 0. The van der Waals surface area contributed by atoms with E-state index in [1.165, 1.54) is 50.8 Å². The number of hydrogen-bond donors (Lipinski definition) is 2. The molecular weight excluding hydrogens is 355 g/mol. The van der Waals surface area contributed by atoms with Crippen molar-refractivity contribution in [2.45, 2.75) is 70.4 Å². The first-order valence-corrected chi connectivity index (χ1v) is 9.54. The van der Waals surface area contributed by atoms with Crippen LogP contribution in [-0.4, -0.2) is 30.3 Å². The van der Waals surface area contributed by atoms with Crippen molar-refractivity contribution in [3.05, 3.63) is 35.4 Å². The number of nitrogens with one attached hydrogen (secondary N) is 1. The molecule has 27 heavy (non-hydrogen) atoms. The third-order valence-electron chi connectivity index (χ3n) is 5.83. The molecule has 0 bridgehead atoms. The lowest BCUT2D eigenvalue weighted by Gasteiger charge is -2.34. The minimum Gasteiger partial charge on any atom is -0.475 e. The Hall–Kier alpha value is -1.56. The van der Waals surface area contributed by atoms with Crippen LogP contribution in [0, 0.1) is 5.41 Å². The molecule has 1 aliphatic heterocycles. The summed E-state index contributed by atoms with van der Waals surface area (Å²) in [5, 5.41) is 10.6. The van der Waals surface area contributed by atoms with Crippen molar-refractivity contribution in [1.29, 1.82) is 0 Å². The number of piperidine rings is 1. The molecule has 1 aliphatic carbocycles. The Bertz CT molecular complexity index is 644. The lowest BCUT2D eigenvalue weighted by Crippen LogP contribution is -2.35. The molecule has 2 fully saturated rings. The highest BCUT2D eigenvalue weighted by atomic mass is 19.4. The van der Waals surface area contributed by atoms with Crippen LogP contribution in [-0.2, 0) is 10.2 Å². The highest BCUT2D eigenvalue weighted by Crippen LogP contribution is 2.51. The maximum Gasteiger partial charge on any atom is 0.490 e. The van der Waals surface area contributed by atoms with Gasteiger partial charge in [0.1, 0.15) is 0 Å². The maximum atomic E-state index is 10.6. The van der Waals surface area contributed by atoms with E-state index in [4.69, 9.17) is 9.90 Å². The summed E-state index contributed by atoms with van der Waals surface area (Å²) in [6.45, 7) is 9.41. The van der Waals surface area contributed by atoms with Gasteiger partial charge < -0.3 is 10.4 Å². The molecule has 0 amide bonds. The van der Waals surface area contributed by atoms with Crippen LogP contribution in [0.1, 0.15) is 69.9 Å². The van der Waals surface area contributed by atoms with Crippen LogP contribution >= 0.6 is 0 Å². The van der Waals surface area contributed by atoms with E-state index in [1.54, 1.807) is 5.56 Å². The lowest BCUT2D eigenvalue weighted by atomic mass is 9.76. The zero-order chi connectivity index (χ0) is 20.3. The molecule has 1 spiro atoms. The van der Waals surface area contributed by atoms with Crippen LogP contribution in [0.5, 0.6) is 0 Å². The Morgan fingerprint density at radius 3 is 2.26 bits per heavy atom. The molecule has 0 aromatic heterocycles. The van der Waals surface area contributed by atoms with Crippen molar-refractivity contribution < 1.29 is 23.1 Å². The third-order valence-corrected chi connectivity index (χ3v) is 5.83. The van der Waals surface area contributed by atoms with Crippen LogP contribution in [0.25, 0.3) is 0 Å². The first-order chi connectivity index (χ1) is 12.4. The Balaban J connectivity index is 0.000000321. The highest BCUT2D eigenvalue weighted by Gasteiger charge is 2.40. The molecule has 152 valence electrons. The quantitative estimate of drug-likeness (QED) is 0.694. The van der Waals surface area contributed by atoms with Gasteiger partial charge in [0.25, 0.3) is 0 Å². The van der Waals surface area contributed by atoms with Gasteiger partial charge >= 0.3 is 12.1 Å². The number of carbonyl (C=O) groups is 1. The highest BCUT2D eigenvalue weighted by molar-refractivity contribution is 5.73. The molecule has 1 aromatic carbocycles. The monoisotopic (exact) mass is 385 g/mol. The molecule has 2 N–H and O–H groups in total. The number of carboxylic acid groups (broad SMARTS) is 1. The average Bonchev–Trinajstić information content (AvgIpc) is 2.98. The van der Waals surface area contributed by atoms with E-state index in [2.05, 4.69) is 50.4 Å². The summed E-state index contributed by atoms with van der Waals surface area (Å²) in [4.78, 5) is 8.90. The molecule has 3 nitrogen and oxygen atoms in total. The Kier molecular flexibility index (Phi) is 6.61. The standard InChI is InChI=1S/C19H29N.C2HF3O2/c1-18(2,3)17-6-4-5-15(13-17)16-7-8-19(14-16)9-11-20-12-10-19;3-2(4,5)1(6)7/h4-6,13,16,20H,7-12,14H2,1-3H3;(H,6,7). The Labute approximate surface area is 159 Å². The predicted molar refractivity (Wildman–Crippen MR) is 100.0 cm³/mol. The van der Waals surface area contributed by atoms with Crippen molar-refractivity contribution in [3.63, 3.8) is 0 Å². The van der Waals surface area contributed by atoms with E-state index in [1.807, 2.05) is 0 Å². The second-order valence-corrected chi connectivity index (χ2v) is 8.87. The van der Waals surface area contributed by atoms with Gasteiger partial charge in [0.15, 0.2) is 0 Å². The van der Waals surface area contributed by atoms with Crippen LogP contribution in [0.3, 0.4) is 0 Å². The molecule has 1 saturated heterocycles. The van der Waals surface area contributed by atoms with Gasteiger partial charge in [-0.25, -0.2) is 4.79 Å². The molecule has 2 aliphatic rings. The number of benzene rings is 1. The van der Waals surface area contributed by atoms with Gasteiger partial charge in [-0.1, -0.05) is 45.0 Å². The van der Waals surface area contributed by atoms with Gasteiger partial charge in [0, 0.05) is 0 Å². The van der Waals surface area contributed by atoms with Crippen LogP contribution < -0.4 is 5.32 Å². The Morgan fingerprint density at radius 1 is 1.15 bits per heavy atom. The fourth-order valence-electron chi connectivity index (χ4n) is 4.16. The van der Waals surface area contributed by atoms with Gasteiger partial charge in [-0.2, -0.15) is 13.2 Å². The SMILES string of the molecule is CC(C)(C)c1cccc(C2CCC3(CCNCC3)C2)c1.O=C(O)C(F)(F)F. The molecule has 6 heteroatoms. The number of rotatable bonds is 1. The van der Waals surface area contributed by atoms with E-state index in [9.17, 15) is 13.2 Å². The molecule has 1 atom stereocenters. The Morgan fingerprint density at radius 2 is 1.74 bits per heavy atom. The van der Waals surface area contributed by atoms with Gasteiger partial charge in [0.2, 0.25) is 0 Å². The molecule has 1 aromatic rings. The summed E-state index contributed by atoms with van der Waals surface area (Å²) in [6, 6.07) is 9.40. The number of carboxylic acids is 1. The van der Waals surface area contributed by atoms with Crippen molar-refractivity contribution in [2.24, 2.45) is 5.41 Å². The van der Waals surface area contributed by atoms with Crippen molar-refractivity contribution in [2.75, 3.05) is 13.1 Å². The summed E-state index contributed by atoms with van der Waals surface area (Å²) in [7, 11) is 0. The minimum atomic E-state index is -5.08. The lowest BCUT2D eigenvalue weighted by molar-refractivity contribution is -0.192. The smallest absolute Gasteiger partial charge is 0.475 e. The number of aliphatic carboxylic acids is 1. The molecule has 1 saturated carbocycles. The van der Waals surface area contributed by atoms with Crippen LogP contribution in [0.4, 0.5) is 13.2 Å². The van der Waals surface area contributed by atoms with Gasteiger partial charge in [-0.15, -0.1) is 0 Å². The van der Waals surface area contributed by atoms with Crippen molar-refractivity contribution in [3.8, 4) is 0 Å². The average molecular weight is 385 g/mol. The fraction of sp³-hybridized carbons (Fsp3) is 0.667. The second kappa shape index (κ2) is 8.21. The maximum absolute atomic E-state index is 10.6. The van der Waals surface area contributed by atoms with E-state index in [0.29, 0.717) is 5.41 Å². The molecule has 1 heterocycles. The number of alkyl halides is 3. The van der Waals surface area contributed by atoms with Crippen molar-refractivity contribution in [1.82, 2.24) is 5.32 Å². The van der Waals surface area contributed by atoms with Gasteiger partial charge in [-0.3, -0.25) is 0 Å². The van der Waals surface area contributed by atoms with E-state index in [0.717, 1.165) is 5.92 Å². The third kappa shape index (κ3) is 5.96. The summed E-state index contributed by atoms with van der Waals surface area (Å²) in [5.41, 5.74) is 4.00. The van der Waals surface area contributed by atoms with E-state index >= 15 is 0 Å². The summed E-state index contributed by atoms with van der Waals surface area (Å²) in [6.07, 6.45) is 1.96. The molecule has 1 unspecified atom stereocenters. The van der Waals surface area contributed by atoms with Crippen molar-refractivity contribution >= 4 is 5.97 Å². The van der Waals surface area contributed by atoms with E-state index < -0.39 is 12.1 Å². The van der Waals surface area contributed by atoms with Gasteiger partial charge in [0.05, 0.1) is 0 Å². The normalized spacial score (nSPS) is 22.2. The van der Waals surface area contributed by atoms with Crippen LogP contribution in [0.15, 0.2) is 24.3 Å². The fourth-order valence-corrected chi connectivity index (χ4v) is 4.16. The topological polar surface area (TPSA) is 49.3 Å². The molecular formula is C21H30F3NO2. The second-order valence-electron chi connectivity index (χ2n) is 8.87. The summed E-state index contributed by atoms with van der Waals surface area (Å²) in [5.74, 6) is -1.96. The van der Waals surface area contributed by atoms with Crippen LogP contribution in [0.2, 0.25) is 0 Å². The first-order valence-electron chi connectivity index (χ1n) is 9.54. The van der Waals surface area contributed by atoms with E-state index in [-0.39, 0.29) is 5.41 Å². The minimum absolute atomic E-state index is 0.265. The number of halogens is 3. The largest absolute Gasteiger partial charge is 0.490 e. The molecule has 3 rings (SSSR count). The molecule has 0 radical (unpaired) electrons. The number of hydrogen-bond acceptors (Lipinski definition) is 2. The summed E-state index contributed by atoms with van der Waals surface area (Å²) < 4.78 is 31.7. The zero-order valence-electron chi connectivity index (χ0n) is 16.3. The predicted octanol–water partition coefficient (Wildman–Crippen LogP) is 5.25.